The summed E-state index contributed by atoms with van der Waals surface area (Å²) in [5.41, 5.74) is 6.79. The predicted octanol–water partition coefficient (Wildman–Crippen LogP) is -5.15. The zero-order valence-corrected chi connectivity index (χ0v) is 29.0. The molecule has 0 saturated heterocycles. The largest absolute Gasteiger partial charge is 0.544 e. The van der Waals surface area contributed by atoms with Crippen LogP contribution in [-0.2, 0) is 38.4 Å². The van der Waals surface area contributed by atoms with Crippen molar-refractivity contribution in [3.8, 4) is 0 Å². The highest BCUT2D eigenvalue weighted by Crippen LogP contribution is 2.24. The van der Waals surface area contributed by atoms with Crippen LogP contribution in [-0.4, -0.2) is 105 Å². The number of quaternary nitrogens is 2. The van der Waals surface area contributed by atoms with E-state index in [4.69, 9.17) is 2.74 Å². The molecule has 0 fully saturated rings. The van der Waals surface area contributed by atoms with Crippen LogP contribution in [0.3, 0.4) is 0 Å². The van der Waals surface area contributed by atoms with Crippen molar-refractivity contribution in [1.82, 2.24) is 21.3 Å². The zero-order valence-electron chi connectivity index (χ0n) is 29.3. The van der Waals surface area contributed by atoms with Crippen LogP contribution < -0.4 is 42.9 Å². The normalized spacial score (nSPS) is 16.0. The number of hydrogen-bond donors (Lipinski definition) is 8. The first-order chi connectivity index (χ1) is 22.9. The number of carbonyl (C=O) groups excluding carboxylic acids is 6. The average molecular weight is 729 g/mol. The highest BCUT2D eigenvalue weighted by atomic mass is 33.1. The minimum absolute atomic E-state index is 0.00727. The summed E-state index contributed by atoms with van der Waals surface area (Å²) < 4.78 is 16.1. The molecule has 0 aromatic rings. The van der Waals surface area contributed by atoms with Gasteiger partial charge in [-0.05, 0) is 24.6 Å². The number of nitrogens with one attached hydrogen (secondary N) is 4. The number of rotatable bonds is 25. The summed E-state index contributed by atoms with van der Waals surface area (Å²) in [6.45, 7) is 5.03. The molecule has 0 heterocycles. The van der Waals surface area contributed by atoms with Gasteiger partial charge in [0.2, 0.25) is 23.6 Å². The van der Waals surface area contributed by atoms with Crippen molar-refractivity contribution < 1.29 is 73.0 Å². The molecule has 20 heteroatoms. The van der Waals surface area contributed by atoms with Crippen LogP contribution in [0.1, 0.15) is 69.0 Å². The van der Waals surface area contributed by atoms with Crippen LogP contribution in [0.25, 0.3) is 0 Å². The van der Waals surface area contributed by atoms with Crippen LogP contribution in [0.4, 0.5) is 0 Å². The molecule has 0 spiro atoms. The van der Waals surface area contributed by atoms with Gasteiger partial charge >= 0.3 is 11.9 Å². The van der Waals surface area contributed by atoms with Crippen LogP contribution in [0.2, 0.25) is 0 Å². The zero-order chi connectivity index (χ0) is 39.0. The highest BCUT2D eigenvalue weighted by Gasteiger charge is 2.31. The fourth-order valence-corrected chi connectivity index (χ4v) is 6.10. The van der Waals surface area contributed by atoms with Crippen LogP contribution in [0.5, 0.6) is 0 Å². The van der Waals surface area contributed by atoms with Crippen molar-refractivity contribution in [1.29, 1.82) is 0 Å². The lowest BCUT2D eigenvalue weighted by atomic mass is 10.0. The van der Waals surface area contributed by atoms with E-state index in [-0.39, 0.29) is 50.0 Å². The Bertz CT molecular complexity index is 1140. The van der Waals surface area contributed by atoms with Crippen LogP contribution >= 0.6 is 21.6 Å². The van der Waals surface area contributed by atoms with E-state index in [1.165, 1.54) is 27.7 Å². The maximum Gasteiger partial charge on any atom is 0.326 e. The Hall–Kier alpha value is -3.62. The van der Waals surface area contributed by atoms with E-state index in [0.717, 1.165) is 21.6 Å². The van der Waals surface area contributed by atoms with Crippen molar-refractivity contribution >= 4 is 69.1 Å². The second-order valence-corrected chi connectivity index (χ2v) is 13.9. The molecule has 0 aromatic heterocycles. The van der Waals surface area contributed by atoms with Crippen molar-refractivity contribution in [2.75, 3.05) is 11.5 Å². The first-order valence-electron chi connectivity index (χ1n) is 15.9. The Morgan fingerprint density at radius 1 is 0.646 bits per heavy atom. The van der Waals surface area contributed by atoms with Crippen molar-refractivity contribution in [3.05, 3.63) is 0 Å². The van der Waals surface area contributed by atoms with Gasteiger partial charge in [-0.15, -0.1) is 0 Å². The van der Waals surface area contributed by atoms with Gasteiger partial charge in [-0.3, -0.25) is 19.2 Å². The molecule has 0 aliphatic carbocycles. The topological polar surface area (TPSA) is 327 Å². The summed E-state index contributed by atoms with van der Waals surface area (Å²) in [5, 5.41) is 50.2. The highest BCUT2D eigenvalue weighted by molar-refractivity contribution is 8.76. The van der Waals surface area contributed by atoms with E-state index in [9.17, 15) is 58.8 Å². The molecule has 0 radical (unpaired) electrons. The fourth-order valence-electron chi connectivity index (χ4n) is 3.78. The Morgan fingerprint density at radius 2 is 0.958 bits per heavy atom. The molecular formula is C28H48N6O12S2. The molecule has 0 aliphatic rings. The number of carbonyl (C=O) groups is 8. The summed E-state index contributed by atoms with van der Waals surface area (Å²) in [6, 6.07) is -8.23. The molecule has 4 amide bonds. The molecule has 12 N–H and O–H groups in total. The van der Waals surface area contributed by atoms with E-state index in [0.29, 0.717) is 0 Å². The van der Waals surface area contributed by atoms with Gasteiger partial charge in [0.05, 0.1) is 11.9 Å². The molecular weight excluding hydrogens is 678 g/mol. The molecule has 274 valence electrons. The van der Waals surface area contributed by atoms with Gasteiger partial charge in [-0.2, -0.15) is 0 Å². The van der Waals surface area contributed by atoms with Gasteiger partial charge in [-0.25, -0.2) is 9.59 Å². The number of hydrogen-bond acceptors (Lipinski definition) is 12. The Balaban J connectivity index is 5.85. The summed E-state index contributed by atoms with van der Waals surface area (Å²) in [7, 11) is 1.84. The SMILES string of the molecule is [2H]C(C)(C)[C@H](NC(=O)[C@H]([13CH2]SS[13CH2][C@H](NC(=O)CCC[C@H]([NH3+])C(=O)[O-])C(=O)N[C@H](C(=O)O)C([2H])(C)C)NC(=O)CCC[C@H]([NH3+])C(=O)[O-])C(=O)O. The summed E-state index contributed by atoms with van der Waals surface area (Å²) in [4.78, 5) is 96.8. The third-order valence-electron chi connectivity index (χ3n) is 6.66. The maximum atomic E-state index is 13.1. The summed E-state index contributed by atoms with van der Waals surface area (Å²) in [5.74, 6) is -12.8. The van der Waals surface area contributed by atoms with Gasteiger partial charge in [-0.1, -0.05) is 49.3 Å². The maximum absolute atomic E-state index is 13.1. The molecule has 0 saturated carbocycles. The van der Waals surface area contributed by atoms with E-state index in [1.807, 2.05) is 0 Å². The minimum Gasteiger partial charge on any atom is -0.544 e. The molecule has 0 bridgehead atoms. The molecule has 0 aromatic carbocycles. The van der Waals surface area contributed by atoms with Gasteiger partial charge in [0.1, 0.15) is 36.3 Å². The lowest BCUT2D eigenvalue weighted by Crippen LogP contribution is -2.68. The monoisotopic (exact) mass is 728 g/mol. The summed E-state index contributed by atoms with van der Waals surface area (Å²) in [6.07, 6.45) is -0.256. The second-order valence-electron chi connectivity index (χ2n) is 11.3. The lowest BCUT2D eigenvalue weighted by Gasteiger charge is -2.24. The molecule has 0 aliphatic heterocycles. The van der Waals surface area contributed by atoms with Gasteiger partial charge < -0.3 is 62.7 Å². The molecule has 0 unspecified atom stereocenters. The van der Waals surface area contributed by atoms with Gasteiger partial charge in [0.15, 0.2) is 0 Å². The third kappa shape index (κ3) is 18.1. The molecule has 0 rings (SSSR count). The first-order valence-corrected chi connectivity index (χ1v) is 17.3. The summed E-state index contributed by atoms with van der Waals surface area (Å²) >= 11 is 0. The van der Waals surface area contributed by atoms with Gasteiger partial charge in [0.25, 0.3) is 0 Å². The quantitative estimate of drug-likeness (QED) is 0.0248. The predicted molar refractivity (Wildman–Crippen MR) is 169 cm³/mol. The van der Waals surface area contributed by atoms with Crippen LogP contribution in [0, 0.1) is 11.8 Å². The Kier molecular flexibility index (Phi) is 19.3. The fraction of sp³-hybridized carbons (Fsp3) is 0.714. The van der Waals surface area contributed by atoms with Crippen molar-refractivity contribution in [2.45, 2.75) is 102 Å². The van der Waals surface area contributed by atoms with E-state index in [2.05, 4.69) is 32.7 Å². The van der Waals surface area contributed by atoms with Crippen molar-refractivity contribution in [2.24, 2.45) is 11.8 Å². The number of aliphatic carboxylic acids is 4. The minimum atomic E-state index is -1.67. The van der Waals surface area contributed by atoms with Crippen LogP contribution in [0.15, 0.2) is 0 Å². The number of carboxylic acid groups (broad SMARTS) is 4. The van der Waals surface area contributed by atoms with E-state index < -0.39 is 95.5 Å². The van der Waals surface area contributed by atoms with E-state index >= 15 is 0 Å². The molecule has 18 nitrogen and oxygen atoms in total. The molecule has 6 atom stereocenters. The average Bonchev–Trinajstić information content (AvgIpc) is 2.97. The molecule has 48 heavy (non-hydrogen) atoms. The number of amides is 4. The number of carboxylic acids is 4. The smallest absolute Gasteiger partial charge is 0.326 e. The Labute approximate surface area is 288 Å². The first kappa shape index (κ1) is 40.6. The van der Waals surface area contributed by atoms with E-state index in [1.54, 1.807) is 0 Å². The standard InChI is InChI=1S/C28H48N6O12S2/c1-13(2)21(27(43)44)33-23(37)17(31-19(35)9-5-7-15(29)25(39)40)11-47-48-12-18(24(38)34-22(14(3)4)28(45)46)32-20(36)10-6-8-16(30)26(41)42/h13-18,21-22H,5-12,29-30H2,1-4H3,(H,31,35)(H,32,36)(H,33,37)(H,34,38)(H,39,40)(H,41,42)(H,43,44)(H,45,46)/t15-,16-,17-,18-,21-,22-/m0/s1/i11+1,12+1,13D,14D. The van der Waals surface area contributed by atoms with Gasteiger partial charge in [0, 0.05) is 39.9 Å². The lowest BCUT2D eigenvalue weighted by molar-refractivity contribution is -0.438. The second kappa shape index (κ2) is 22.9. The van der Waals surface area contributed by atoms with Crippen molar-refractivity contribution in [3.63, 3.8) is 0 Å². The Morgan fingerprint density at radius 3 is 1.21 bits per heavy atom. The third-order valence-corrected chi connectivity index (χ3v) is 9.08.